The van der Waals surface area contributed by atoms with Gasteiger partial charge in [-0.05, 0) is 47.5 Å². The van der Waals surface area contributed by atoms with Crippen molar-refractivity contribution >= 4 is 10.9 Å². The van der Waals surface area contributed by atoms with Crippen LogP contribution in [0.2, 0.25) is 0 Å². The molecule has 3 heteroatoms. The largest absolute Gasteiger partial charge is 0.313 e. The van der Waals surface area contributed by atoms with E-state index < -0.39 is 0 Å². The molecule has 0 aliphatic carbocycles. The molecule has 21 heavy (non-hydrogen) atoms. The van der Waals surface area contributed by atoms with Gasteiger partial charge in [-0.25, -0.2) is 4.39 Å². The molecule has 1 N–H and O–H groups in total. The molecule has 2 nitrogen and oxygen atoms in total. The molecule has 2 aromatic carbocycles. The smallest absolute Gasteiger partial charge is 0.123 e. The molecule has 0 saturated heterocycles. The van der Waals surface area contributed by atoms with Crippen molar-refractivity contribution < 1.29 is 4.39 Å². The van der Waals surface area contributed by atoms with Crippen LogP contribution in [-0.2, 0) is 6.54 Å². The molecular formula is C18H17FN2. The second kappa shape index (κ2) is 6.02. The van der Waals surface area contributed by atoms with E-state index in [1.165, 1.54) is 6.07 Å². The Labute approximate surface area is 123 Å². The number of rotatable bonds is 4. The zero-order valence-electron chi connectivity index (χ0n) is 11.9. The highest BCUT2D eigenvalue weighted by Gasteiger charge is 2.10. The number of halogens is 1. The first-order valence-corrected chi connectivity index (χ1v) is 7.13. The Morgan fingerprint density at radius 2 is 1.95 bits per heavy atom. The van der Waals surface area contributed by atoms with Crippen LogP contribution < -0.4 is 5.32 Å². The van der Waals surface area contributed by atoms with Crippen LogP contribution in [0.4, 0.5) is 4.39 Å². The van der Waals surface area contributed by atoms with Crippen LogP contribution in [0.15, 0.2) is 54.7 Å². The van der Waals surface area contributed by atoms with E-state index in [1.54, 1.807) is 12.3 Å². The Balaban J connectivity index is 2.19. The Bertz CT molecular complexity index is 763. The number of hydrogen-bond donors (Lipinski definition) is 1. The van der Waals surface area contributed by atoms with Crippen molar-refractivity contribution in [2.45, 2.75) is 13.5 Å². The first kappa shape index (κ1) is 13.7. The fourth-order valence-electron chi connectivity index (χ4n) is 2.55. The molecule has 1 aromatic heterocycles. The lowest BCUT2D eigenvalue weighted by molar-refractivity contribution is 0.626. The molecule has 0 atom stereocenters. The predicted molar refractivity (Wildman–Crippen MR) is 84.5 cm³/mol. The molecule has 0 saturated carbocycles. The third kappa shape index (κ3) is 2.78. The lowest BCUT2D eigenvalue weighted by Crippen LogP contribution is -2.12. The zero-order chi connectivity index (χ0) is 14.7. The van der Waals surface area contributed by atoms with Crippen molar-refractivity contribution in [2.24, 2.45) is 0 Å². The summed E-state index contributed by atoms with van der Waals surface area (Å²) < 4.78 is 13.7. The molecule has 0 amide bonds. The molecule has 0 spiro atoms. The molecule has 3 aromatic rings. The van der Waals surface area contributed by atoms with Crippen LogP contribution in [0.1, 0.15) is 12.5 Å². The molecular weight excluding hydrogens is 263 g/mol. The van der Waals surface area contributed by atoms with Crippen LogP contribution >= 0.6 is 0 Å². The van der Waals surface area contributed by atoms with Crippen LogP contribution in [0, 0.1) is 5.82 Å². The summed E-state index contributed by atoms with van der Waals surface area (Å²) in [7, 11) is 0. The van der Waals surface area contributed by atoms with Gasteiger partial charge in [0.05, 0.1) is 5.52 Å². The number of aromatic nitrogens is 1. The van der Waals surface area contributed by atoms with Gasteiger partial charge in [0.25, 0.3) is 0 Å². The lowest BCUT2D eigenvalue weighted by atomic mass is 9.96. The molecule has 0 radical (unpaired) electrons. The van der Waals surface area contributed by atoms with E-state index >= 15 is 0 Å². The minimum Gasteiger partial charge on any atom is -0.313 e. The lowest BCUT2D eigenvalue weighted by Gasteiger charge is -2.12. The van der Waals surface area contributed by atoms with Gasteiger partial charge in [0, 0.05) is 18.1 Å². The van der Waals surface area contributed by atoms with Gasteiger partial charge in [-0.2, -0.15) is 0 Å². The average molecular weight is 280 g/mol. The number of nitrogens with one attached hydrogen (secondary N) is 1. The van der Waals surface area contributed by atoms with Crippen LogP contribution in [0.3, 0.4) is 0 Å². The molecule has 0 aliphatic heterocycles. The standard InChI is InChI=1S/C18H17FN2/c1-2-20-12-13-8-9-14(19)11-17(13)15-5-3-7-18-16(15)6-4-10-21-18/h3-11,20H,2,12H2,1H3. The molecule has 106 valence electrons. The molecule has 3 rings (SSSR count). The maximum absolute atomic E-state index is 13.7. The van der Waals surface area contributed by atoms with Gasteiger partial charge in [-0.3, -0.25) is 4.98 Å². The molecule has 0 fully saturated rings. The van der Waals surface area contributed by atoms with Gasteiger partial charge in [0.15, 0.2) is 0 Å². The van der Waals surface area contributed by atoms with Crippen LogP contribution in [0.25, 0.3) is 22.0 Å². The van der Waals surface area contributed by atoms with E-state index in [1.807, 2.05) is 36.4 Å². The summed E-state index contributed by atoms with van der Waals surface area (Å²) in [5.74, 6) is -0.217. The quantitative estimate of drug-likeness (QED) is 0.776. The summed E-state index contributed by atoms with van der Waals surface area (Å²) >= 11 is 0. The molecule has 0 bridgehead atoms. The zero-order valence-corrected chi connectivity index (χ0v) is 11.9. The highest BCUT2D eigenvalue weighted by molar-refractivity contribution is 5.95. The summed E-state index contributed by atoms with van der Waals surface area (Å²) in [6, 6.07) is 14.9. The van der Waals surface area contributed by atoms with Crippen molar-refractivity contribution in [1.29, 1.82) is 0 Å². The average Bonchev–Trinajstić information content (AvgIpc) is 2.53. The van der Waals surface area contributed by atoms with Gasteiger partial charge in [-0.1, -0.05) is 31.2 Å². The van der Waals surface area contributed by atoms with Crippen LogP contribution in [-0.4, -0.2) is 11.5 Å². The summed E-state index contributed by atoms with van der Waals surface area (Å²) in [5.41, 5.74) is 3.96. The Morgan fingerprint density at radius 1 is 1.05 bits per heavy atom. The fraction of sp³-hybridized carbons (Fsp3) is 0.167. The van der Waals surface area contributed by atoms with Gasteiger partial charge in [0.1, 0.15) is 5.82 Å². The minimum atomic E-state index is -0.217. The van der Waals surface area contributed by atoms with E-state index in [0.717, 1.165) is 40.7 Å². The first-order valence-electron chi connectivity index (χ1n) is 7.13. The summed E-state index contributed by atoms with van der Waals surface area (Å²) in [5, 5.41) is 4.35. The van der Waals surface area contributed by atoms with E-state index in [4.69, 9.17) is 0 Å². The third-order valence-electron chi connectivity index (χ3n) is 3.57. The monoisotopic (exact) mass is 280 g/mol. The number of nitrogens with zero attached hydrogens (tertiary/aromatic N) is 1. The van der Waals surface area contributed by atoms with Crippen LogP contribution in [0.5, 0.6) is 0 Å². The highest BCUT2D eigenvalue weighted by Crippen LogP contribution is 2.30. The topological polar surface area (TPSA) is 24.9 Å². The number of pyridine rings is 1. The van der Waals surface area contributed by atoms with E-state index in [-0.39, 0.29) is 5.82 Å². The minimum absolute atomic E-state index is 0.217. The van der Waals surface area contributed by atoms with Gasteiger partial charge in [-0.15, -0.1) is 0 Å². The third-order valence-corrected chi connectivity index (χ3v) is 3.57. The maximum Gasteiger partial charge on any atom is 0.123 e. The Hall–Kier alpha value is -2.26. The van der Waals surface area contributed by atoms with Crippen molar-refractivity contribution in [3.8, 4) is 11.1 Å². The predicted octanol–water partition coefficient (Wildman–Crippen LogP) is 4.15. The number of hydrogen-bond acceptors (Lipinski definition) is 2. The van der Waals surface area contributed by atoms with E-state index in [2.05, 4.69) is 17.2 Å². The molecule has 0 aliphatic rings. The summed E-state index contributed by atoms with van der Waals surface area (Å²) in [4.78, 5) is 4.37. The van der Waals surface area contributed by atoms with E-state index in [9.17, 15) is 4.39 Å². The summed E-state index contributed by atoms with van der Waals surface area (Å²) in [6.45, 7) is 3.67. The van der Waals surface area contributed by atoms with Crippen molar-refractivity contribution in [2.75, 3.05) is 6.54 Å². The number of benzene rings is 2. The van der Waals surface area contributed by atoms with Crippen molar-refractivity contribution in [3.05, 3.63) is 66.1 Å². The Morgan fingerprint density at radius 3 is 2.81 bits per heavy atom. The van der Waals surface area contributed by atoms with Crippen molar-refractivity contribution in [1.82, 2.24) is 10.3 Å². The SMILES string of the molecule is CCNCc1ccc(F)cc1-c1cccc2ncccc12. The molecule has 0 unspecified atom stereocenters. The highest BCUT2D eigenvalue weighted by atomic mass is 19.1. The van der Waals surface area contributed by atoms with E-state index in [0.29, 0.717) is 0 Å². The van der Waals surface area contributed by atoms with Crippen molar-refractivity contribution in [3.63, 3.8) is 0 Å². The Kier molecular flexibility index (Phi) is 3.93. The second-order valence-electron chi connectivity index (χ2n) is 4.96. The van der Waals surface area contributed by atoms with Gasteiger partial charge >= 0.3 is 0 Å². The number of fused-ring (bicyclic) bond motifs is 1. The fourth-order valence-corrected chi connectivity index (χ4v) is 2.55. The van der Waals surface area contributed by atoms with Gasteiger partial charge in [0.2, 0.25) is 0 Å². The second-order valence-corrected chi connectivity index (χ2v) is 4.96. The summed E-state index contributed by atoms with van der Waals surface area (Å²) in [6.07, 6.45) is 1.78. The molecule has 1 heterocycles. The maximum atomic E-state index is 13.7. The van der Waals surface area contributed by atoms with Gasteiger partial charge < -0.3 is 5.32 Å². The first-order chi connectivity index (χ1) is 10.3. The normalized spacial score (nSPS) is 11.0.